The first-order valence-electron chi connectivity index (χ1n) is 5.42. The number of anilines is 1. The summed E-state index contributed by atoms with van der Waals surface area (Å²) in [7, 11) is 0. The summed E-state index contributed by atoms with van der Waals surface area (Å²) in [6, 6.07) is 12.2. The van der Waals surface area contributed by atoms with Crippen molar-refractivity contribution >= 4 is 17.5 Å². The second kappa shape index (κ2) is 3.77. The lowest BCUT2D eigenvalue weighted by atomic mass is 10.1. The minimum atomic E-state index is -0.591. The van der Waals surface area contributed by atoms with Crippen molar-refractivity contribution < 1.29 is 14.0 Å². The molecule has 0 saturated heterocycles. The number of benzene rings is 2. The second-order valence-electron chi connectivity index (χ2n) is 3.94. The molecule has 18 heavy (non-hydrogen) atoms. The summed E-state index contributed by atoms with van der Waals surface area (Å²) in [6.07, 6.45) is 0. The van der Waals surface area contributed by atoms with Gasteiger partial charge in [0.2, 0.25) is 0 Å². The highest BCUT2D eigenvalue weighted by Crippen LogP contribution is 2.29. The molecule has 0 atom stereocenters. The van der Waals surface area contributed by atoms with Crippen molar-refractivity contribution in [2.45, 2.75) is 0 Å². The molecule has 0 fully saturated rings. The zero-order valence-electron chi connectivity index (χ0n) is 9.26. The molecule has 1 aliphatic heterocycles. The summed E-state index contributed by atoms with van der Waals surface area (Å²) >= 11 is 0. The van der Waals surface area contributed by atoms with Crippen LogP contribution in [0.2, 0.25) is 0 Å². The van der Waals surface area contributed by atoms with Gasteiger partial charge in [-0.2, -0.15) is 0 Å². The van der Waals surface area contributed by atoms with Gasteiger partial charge in [0.15, 0.2) is 0 Å². The Morgan fingerprint density at radius 2 is 1.28 bits per heavy atom. The Hall–Kier alpha value is -2.49. The summed E-state index contributed by atoms with van der Waals surface area (Å²) in [4.78, 5) is 25.1. The Kier molecular flexibility index (Phi) is 2.23. The van der Waals surface area contributed by atoms with Gasteiger partial charge >= 0.3 is 0 Å². The van der Waals surface area contributed by atoms with Gasteiger partial charge in [-0.15, -0.1) is 0 Å². The molecule has 0 radical (unpaired) electrons. The van der Waals surface area contributed by atoms with Crippen molar-refractivity contribution in [3.05, 3.63) is 65.5 Å². The number of imide groups is 1. The molecule has 1 heterocycles. The smallest absolute Gasteiger partial charge is 0.266 e. The zero-order valence-corrected chi connectivity index (χ0v) is 9.26. The monoisotopic (exact) mass is 241 g/mol. The minimum Gasteiger partial charge on any atom is -0.268 e. The Morgan fingerprint density at radius 1 is 0.778 bits per heavy atom. The van der Waals surface area contributed by atoms with Gasteiger partial charge in [-0.1, -0.05) is 24.3 Å². The third kappa shape index (κ3) is 1.35. The number of fused-ring (bicyclic) bond motifs is 1. The van der Waals surface area contributed by atoms with Crippen LogP contribution in [0.25, 0.3) is 0 Å². The van der Waals surface area contributed by atoms with Gasteiger partial charge in [-0.3, -0.25) is 9.59 Å². The molecule has 2 aromatic rings. The van der Waals surface area contributed by atoms with E-state index in [2.05, 4.69) is 0 Å². The summed E-state index contributed by atoms with van der Waals surface area (Å²) in [5, 5.41) is 0. The third-order valence-corrected chi connectivity index (χ3v) is 2.89. The lowest BCUT2D eigenvalue weighted by Crippen LogP contribution is -2.30. The van der Waals surface area contributed by atoms with Crippen LogP contribution in [-0.4, -0.2) is 11.8 Å². The normalized spacial score (nSPS) is 13.9. The highest BCUT2D eigenvalue weighted by atomic mass is 19.1. The number of halogens is 1. The average molecular weight is 241 g/mol. The maximum Gasteiger partial charge on any atom is 0.266 e. The fraction of sp³-hybridized carbons (Fsp3) is 0. The van der Waals surface area contributed by atoms with Crippen molar-refractivity contribution in [3.8, 4) is 0 Å². The first kappa shape index (κ1) is 10.7. The van der Waals surface area contributed by atoms with Crippen LogP contribution in [0.1, 0.15) is 20.7 Å². The Balaban J connectivity index is 2.16. The summed E-state index contributed by atoms with van der Waals surface area (Å²) < 4.78 is 13.7. The molecule has 0 saturated carbocycles. The van der Waals surface area contributed by atoms with E-state index in [-0.39, 0.29) is 5.69 Å². The molecular formula is C14H8FNO2. The number of para-hydroxylation sites is 1. The second-order valence-corrected chi connectivity index (χ2v) is 3.94. The van der Waals surface area contributed by atoms with Crippen LogP contribution >= 0.6 is 0 Å². The molecule has 0 spiro atoms. The Bertz CT molecular complexity index is 631. The van der Waals surface area contributed by atoms with Crippen molar-refractivity contribution in [2.75, 3.05) is 4.90 Å². The molecule has 1 aliphatic rings. The van der Waals surface area contributed by atoms with Gasteiger partial charge in [-0.25, -0.2) is 9.29 Å². The maximum atomic E-state index is 13.7. The summed E-state index contributed by atoms with van der Waals surface area (Å²) in [6.45, 7) is 0. The Morgan fingerprint density at radius 3 is 1.83 bits per heavy atom. The number of amides is 2. The van der Waals surface area contributed by atoms with E-state index in [9.17, 15) is 14.0 Å². The van der Waals surface area contributed by atoms with Crippen LogP contribution in [0.4, 0.5) is 10.1 Å². The quantitative estimate of drug-likeness (QED) is 0.720. The van der Waals surface area contributed by atoms with E-state index >= 15 is 0 Å². The molecule has 0 aliphatic carbocycles. The minimum absolute atomic E-state index is 0.0105. The highest BCUT2D eigenvalue weighted by molar-refractivity contribution is 6.34. The Labute approximate surface area is 102 Å². The first-order valence-corrected chi connectivity index (χ1v) is 5.42. The largest absolute Gasteiger partial charge is 0.268 e. The van der Waals surface area contributed by atoms with Crippen molar-refractivity contribution in [3.63, 3.8) is 0 Å². The molecule has 3 rings (SSSR count). The number of carbonyl (C=O) groups excluding carboxylic acids is 2. The zero-order chi connectivity index (χ0) is 12.7. The van der Waals surface area contributed by atoms with Gasteiger partial charge in [0.25, 0.3) is 11.8 Å². The predicted molar refractivity (Wildman–Crippen MR) is 64.0 cm³/mol. The van der Waals surface area contributed by atoms with Gasteiger partial charge in [0.1, 0.15) is 5.82 Å². The van der Waals surface area contributed by atoms with E-state index in [1.54, 1.807) is 30.3 Å². The molecular weight excluding hydrogens is 233 g/mol. The van der Waals surface area contributed by atoms with E-state index < -0.39 is 17.6 Å². The lowest BCUT2D eigenvalue weighted by Gasteiger charge is -2.14. The third-order valence-electron chi connectivity index (χ3n) is 2.89. The van der Waals surface area contributed by atoms with Crippen molar-refractivity contribution in [1.82, 2.24) is 0 Å². The average Bonchev–Trinajstić information content (AvgIpc) is 2.64. The van der Waals surface area contributed by atoms with Crippen LogP contribution in [0.3, 0.4) is 0 Å². The lowest BCUT2D eigenvalue weighted by molar-refractivity contribution is 0.0925. The molecule has 2 amide bonds. The van der Waals surface area contributed by atoms with E-state index in [4.69, 9.17) is 0 Å². The molecule has 4 heteroatoms. The van der Waals surface area contributed by atoms with E-state index in [0.29, 0.717) is 11.1 Å². The topological polar surface area (TPSA) is 37.4 Å². The molecule has 0 aromatic heterocycles. The molecule has 0 bridgehead atoms. The number of hydrogen-bond donors (Lipinski definition) is 0. The number of carbonyl (C=O) groups is 2. The van der Waals surface area contributed by atoms with E-state index in [1.165, 1.54) is 18.2 Å². The summed E-state index contributed by atoms with van der Waals surface area (Å²) in [5.74, 6) is -1.56. The van der Waals surface area contributed by atoms with Gasteiger partial charge in [-0.05, 0) is 24.3 Å². The fourth-order valence-corrected chi connectivity index (χ4v) is 2.04. The summed E-state index contributed by atoms with van der Waals surface area (Å²) in [5.41, 5.74) is 0.611. The number of nitrogens with zero attached hydrogens (tertiary/aromatic N) is 1. The van der Waals surface area contributed by atoms with Gasteiger partial charge < -0.3 is 0 Å². The van der Waals surface area contributed by atoms with Gasteiger partial charge in [0.05, 0.1) is 16.8 Å². The van der Waals surface area contributed by atoms with E-state index in [0.717, 1.165) is 4.90 Å². The van der Waals surface area contributed by atoms with Crippen LogP contribution in [0.5, 0.6) is 0 Å². The SMILES string of the molecule is O=C1c2ccccc2C(=O)N1c1ccccc1F. The number of hydrogen-bond acceptors (Lipinski definition) is 2. The molecule has 2 aromatic carbocycles. The number of rotatable bonds is 1. The highest BCUT2D eigenvalue weighted by Gasteiger charge is 2.37. The molecule has 0 N–H and O–H groups in total. The van der Waals surface area contributed by atoms with E-state index in [1.807, 2.05) is 0 Å². The standard InChI is InChI=1S/C14H8FNO2/c15-11-7-3-4-8-12(11)16-13(17)9-5-1-2-6-10(9)14(16)18/h1-8H. The van der Waals surface area contributed by atoms with Crippen LogP contribution in [0.15, 0.2) is 48.5 Å². The van der Waals surface area contributed by atoms with Crippen LogP contribution < -0.4 is 4.90 Å². The fourth-order valence-electron chi connectivity index (χ4n) is 2.04. The van der Waals surface area contributed by atoms with Crippen LogP contribution in [0, 0.1) is 5.82 Å². The van der Waals surface area contributed by atoms with Gasteiger partial charge in [0, 0.05) is 0 Å². The molecule has 3 nitrogen and oxygen atoms in total. The molecule has 88 valence electrons. The molecule has 0 unspecified atom stereocenters. The first-order chi connectivity index (χ1) is 8.70. The van der Waals surface area contributed by atoms with Crippen molar-refractivity contribution in [2.24, 2.45) is 0 Å². The van der Waals surface area contributed by atoms with Crippen molar-refractivity contribution in [1.29, 1.82) is 0 Å². The van der Waals surface area contributed by atoms with Crippen LogP contribution in [-0.2, 0) is 0 Å². The maximum absolute atomic E-state index is 13.7. The predicted octanol–water partition coefficient (Wildman–Crippen LogP) is 2.63.